The molecule has 0 aliphatic carbocycles. The molecule has 0 spiro atoms. The summed E-state index contributed by atoms with van der Waals surface area (Å²) in [6, 6.07) is 0. The van der Waals surface area contributed by atoms with Crippen molar-refractivity contribution in [3.05, 3.63) is 0 Å². The molecule has 2 aliphatic heterocycles. The van der Waals surface area contributed by atoms with Crippen LogP contribution in [0.4, 0.5) is 0 Å². The molecule has 1 unspecified atom stereocenters. The van der Waals surface area contributed by atoms with Gasteiger partial charge in [0.05, 0.1) is 0 Å². The van der Waals surface area contributed by atoms with Gasteiger partial charge in [-0.15, -0.1) is 0 Å². The molecule has 17 heavy (non-hydrogen) atoms. The molecular formula is C15H30N2. The SMILES string of the molecule is CC(C)C1(CCN2CCCCC2)CCCCN1. The first-order valence-corrected chi connectivity index (χ1v) is 7.70. The first-order chi connectivity index (χ1) is 8.23. The first kappa shape index (κ1) is 13.4. The zero-order chi connectivity index (χ0) is 12.1. The molecule has 2 nitrogen and oxygen atoms in total. The lowest BCUT2D eigenvalue weighted by molar-refractivity contribution is 0.132. The third-order valence-electron chi connectivity index (χ3n) is 4.95. The van der Waals surface area contributed by atoms with Crippen molar-refractivity contribution in [1.29, 1.82) is 0 Å². The highest BCUT2D eigenvalue weighted by atomic mass is 15.1. The van der Waals surface area contributed by atoms with Crippen molar-refractivity contribution in [3.8, 4) is 0 Å². The molecular weight excluding hydrogens is 208 g/mol. The third kappa shape index (κ3) is 3.45. The van der Waals surface area contributed by atoms with Crippen LogP contribution in [-0.4, -0.2) is 36.6 Å². The Balaban J connectivity index is 1.84. The summed E-state index contributed by atoms with van der Waals surface area (Å²) < 4.78 is 0. The van der Waals surface area contributed by atoms with Crippen molar-refractivity contribution >= 4 is 0 Å². The maximum absolute atomic E-state index is 3.84. The molecule has 0 bridgehead atoms. The molecule has 0 aromatic rings. The van der Waals surface area contributed by atoms with Crippen LogP contribution in [0.15, 0.2) is 0 Å². The Bertz CT molecular complexity index is 213. The Hall–Kier alpha value is -0.0800. The van der Waals surface area contributed by atoms with E-state index >= 15 is 0 Å². The van der Waals surface area contributed by atoms with Crippen LogP contribution >= 0.6 is 0 Å². The number of nitrogens with zero attached hydrogens (tertiary/aromatic N) is 1. The quantitative estimate of drug-likeness (QED) is 0.810. The molecule has 1 N–H and O–H groups in total. The fourth-order valence-corrected chi connectivity index (χ4v) is 3.53. The highest BCUT2D eigenvalue weighted by Crippen LogP contribution is 2.31. The second-order valence-corrected chi connectivity index (χ2v) is 6.35. The van der Waals surface area contributed by atoms with E-state index in [1.807, 2.05) is 0 Å². The molecule has 2 heteroatoms. The smallest absolute Gasteiger partial charge is 0.0216 e. The monoisotopic (exact) mass is 238 g/mol. The lowest BCUT2D eigenvalue weighted by Gasteiger charge is -2.43. The van der Waals surface area contributed by atoms with E-state index in [4.69, 9.17) is 0 Å². The Kier molecular flexibility index (Phi) is 4.87. The highest BCUT2D eigenvalue weighted by molar-refractivity contribution is 4.94. The predicted octanol–water partition coefficient (Wildman–Crippen LogP) is 3.03. The van der Waals surface area contributed by atoms with Gasteiger partial charge >= 0.3 is 0 Å². The molecule has 1 atom stereocenters. The number of hydrogen-bond acceptors (Lipinski definition) is 2. The van der Waals surface area contributed by atoms with Crippen molar-refractivity contribution in [2.24, 2.45) is 5.92 Å². The van der Waals surface area contributed by atoms with Crippen LogP contribution in [0.25, 0.3) is 0 Å². The average Bonchev–Trinajstić information content (AvgIpc) is 2.38. The lowest BCUT2D eigenvalue weighted by Crippen LogP contribution is -2.54. The molecule has 0 aromatic heterocycles. The molecule has 100 valence electrons. The largest absolute Gasteiger partial charge is 0.311 e. The van der Waals surface area contributed by atoms with Crippen molar-refractivity contribution in [2.45, 2.75) is 64.3 Å². The highest BCUT2D eigenvalue weighted by Gasteiger charge is 2.34. The number of piperidine rings is 2. The van der Waals surface area contributed by atoms with Gasteiger partial charge < -0.3 is 10.2 Å². The van der Waals surface area contributed by atoms with Gasteiger partial charge in [0.1, 0.15) is 0 Å². The zero-order valence-corrected chi connectivity index (χ0v) is 11.8. The van der Waals surface area contributed by atoms with Crippen molar-refractivity contribution < 1.29 is 0 Å². The van der Waals surface area contributed by atoms with E-state index in [1.54, 1.807) is 0 Å². The second-order valence-electron chi connectivity index (χ2n) is 6.35. The normalized spacial score (nSPS) is 31.9. The second kappa shape index (κ2) is 6.19. The Morgan fingerprint density at radius 2 is 1.82 bits per heavy atom. The topological polar surface area (TPSA) is 15.3 Å². The maximum atomic E-state index is 3.84. The predicted molar refractivity (Wildman–Crippen MR) is 74.3 cm³/mol. The van der Waals surface area contributed by atoms with E-state index in [1.165, 1.54) is 71.1 Å². The van der Waals surface area contributed by atoms with Gasteiger partial charge in [0.15, 0.2) is 0 Å². The van der Waals surface area contributed by atoms with Gasteiger partial charge in [-0.25, -0.2) is 0 Å². The fraction of sp³-hybridized carbons (Fsp3) is 1.00. The van der Waals surface area contributed by atoms with Gasteiger partial charge in [-0.1, -0.05) is 26.7 Å². The minimum absolute atomic E-state index is 0.440. The molecule has 0 saturated carbocycles. The summed E-state index contributed by atoms with van der Waals surface area (Å²) in [5.41, 5.74) is 0.440. The Morgan fingerprint density at radius 3 is 2.41 bits per heavy atom. The van der Waals surface area contributed by atoms with Crippen LogP contribution in [0.1, 0.15) is 58.8 Å². The van der Waals surface area contributed by atoms with Crippen molar-refractivity contribution in [1.82, 2.24) is 10.2 Å². The summed E-state index contributed by atoms with van der Waals surface area (Å²) in [7, 11) is 0. The number of nitrogens with one attached hydrogen (secondary N) is 1. The summed E-state index contributed by atoms with van der Waals surface area (Å²) in [5, 5.41) is 3.84. The summed E-state index contributed by atoms with van der Waals surface area (Å²) in [4.78, 5) is 2.68. The van der Waals surface area contributed by atoms with E-state index in [0.29, 0.717) is 5.54 Å². The summed E-state index contributed by atoms with van der Waals surface area (Å²) >= 11 is 0. The van der Waals surface area contributed by atoms with Gasteiger partial charge in [0, 0.05) is 5.54 Å². The third-order valence-corrected chi connectivity index (χ3v) is 4.95. The molecule has 2 aliphatic rings. The van der Waals surface area contributed by atoms with Crippen LogP contribution < -0.4 is 5.32 Å². The van der Waals surface area contributed by atoms with E-state index in [9.17, 15) is 0 Å². The summed E-state index contributed by atoms with van der Waals surface area (Å²) in [6.07, 6.45) is 9.82. The zero-order valence-electron chi connectivity index (χ0n) is 11.8. The van der Waals surface area contributed by atoms with Crippen LogP contribution in [0.2, 0.25) is 0 Å². The van der Waals surface area contributed by atoms with E-state index in [0.717, 1.165) is 5.92 Å². The Labute approximate surface area is 107 Å². The molecule has 2 rings (SSSR count). The molecule has 2 fully saturated rings. The minimum atomic E-state index is 0.440. The van der Waals surface area contributed by atoms with Crippen molar-refractivity contribution in [2.75, 3.05) is 26.2 Å². The molecule has 0 aromatic carbocycles. The van der Waals surface area contributed by atoms with Gasteiger partial charge in [0.25, 0.3) is 0 Å². The summed E-state index contributed by atoms with van der Waals surface area (Å²) in [6.45, 7) is 10.0. The van der Waals surface area contributed by atoms with E-state index in [-0.39, 0.29) is 0 Å². The molecule has 2 saturated heterocycles. The standard InChI is InChI=1S/C15H30N2/c1-14(2)15(8-4-5-10-16-15)9-13-17-11-6-3-7-12-17/h14,16H,3-13H2,1-2H3. The van der Waals surface area contributed by atoms with Crippen LogP contribution in [-0.2, 0) is 0 Å². The molecule has 0 amide bonds. The number of hydrogen-bond donors (Lipinski definition) is 1. The van der Waals surface area contributed by atoms with Crippen molar-refractivity contribution in [3.63, 3.8) is 0 Å². The van der Waals surface area contributed by atoms with Crippen LogP contribution in [0, 0.1) is 5.92 Å². The number of likely N-dealkylation sites (tertiary alicyclic amines) is 1. The van der Waals surface area contributed by atoms with E-state index < -0.39 is 0 Å². The van der Waals surface area contributed by atoms with E-state index in [2.05, 4.69) is 24.1 Å². The fourth-order valence-electron chi connectivity index (χ4n) is 3.53. The average molecular weight is 238 g/mol. The van der Waals surface area contributed by atoms with Gasteiger partial charge in [-0.2, -0.15) is 0 Å². The minimum Gasteiger partial charge on any atom is -0.311 e. The van der Waals surface area contributed by atoms with Gasteiger partial charge in [-0.3, -0.25) is 0 Å². The van der Waals surface area contributed by atoms with Gasteiger partial charge in [-0.05, 0) is 64.2 Å². The molecule has 0 radical (unpaired) electrons. The maximum Gasteiger partial charge on any atom is 0.0216 e. The van der Waals surface area contributed by atoms with Crippen LogP contribution in [0.3, 0.4) is 0 Å². The first-order valence-electron chi connectivity index (χ1n) is 7.70. The number of rotatable bonds is 4. The molecule has 2 heterocycles. The van der Waals surface area contributed by atoms with Crippen LogP contribution in [0.5, 0.6) is 0 Å². The lowest BCUT2D eigenvalue weighted by atomic mass is 9.77. The van der Waals surface area contributed by atoms with Gasteiger partial charge in [0.2, 0.25) is 0 Å². The summed E-state index contributed by atoms with van der Waals surface area (Å²) in [5.74, 6) is 0.771. The Morgan fingerprint density at radius 1 is 1.06 bits per heavy atom.